The first-order valence-electron chi connectivity index (χ1n) is 6.25. The van der Waals surface area contributed by atoms with Crippen LogP contribution in [-0.2, 0) is 0 Å². The molecule has 0 atom stereocenters. The number of nitro benzene ring substituents is 1. The number of nitrogens with zero attached hydrogens (tertiary/aromatic N) is 1. The van der Waals surface area contributed by atoms with Crippen molar-refractivity contribution in [2.45, 2.75) is 24.0 Å². The molecule has 0 spiro atoms. The van der Waals surface area contributed by atoms with Gasteiger partial charge >= 0.3 is 0 Å². The number of benzene rings is 1. The third kappa shape index (κ3) is 3.15. The van der Waals surface area contributed by atoms with E-state index in [4.69, 9.17) is 0 Å². The molecule has 1 saturated carbocycles. The minimum Gasteiger partial charge on any atom is -0.351 e. The topological polar surface area (TPSA) is 72.2 Å². The van der Waals surface area contributed by atoms with Crippen LogP contribution in [0.25, 0.3) is 0 Å². The molecule has 5 nitrogen and oxygen atoms in total. The summed E-state index contributed by atoms with van der Waals surface area (Å²) in [7, 11) is 0. The number of amides is 1. The summed E-state index contributed by atoms with van der Waals surface area (Å²) < 4.78 is 0.704. The van der Waals surface area contributed by atoms with Crippen molar-refractivity contribution in [3.8, 4) is 0 Å². The van der Waals surface area contributed by atoms with E-state index in [2.05, 4.69) is 27.5 Å². The van der Waals surface area contributed by atoms with Gasteiger partial charge in [-0.1, -0.05) is 6.42 Å². The van der Waals surface area contributed by atoms with Gasteiger partial charge in [0.2, 0.25) is 0 Å². The van der Waals surface area contributed by atoms with Gasteiger partial charge in [0.25, 0.3) is 11.6 Å². The van der Waals surface area contributed by atoms with Gasteiger partial charge < -0.3 is 5.32 Å². The summed E-state index contributed by atoms with van der Waals surface area (Å²) >= 11 is 5.03. The summed E-state index contributed by atoms with van der Waals surface area (Å²) in [5, 5.41) is 13.6. The monoisotopic (exact) mass is 358 g/mol. The second-order valence-electron chi connectivity index (χ2n) is 4.84. The Labute approximate surface area is 129 Å². The molecule has 1 N–H and O–H groups in total. The van der Waals surface area contributed by atoms with Crippen molar-refractivity contribution in [3.63, 3.8) is 0 Å². The highest BCUT2D eigenvalue weighted by Gasteiger charge is 2.36. The molecule has 0 aromatic heterocycles. The van der Waals surface area contributed by atoms with E-state index in [-0.39, 0.29) is 16.3 Å². The van der Waals surface area contributed by atoms with E-state index in [9.17, 15) is 14.9 Å². The third-order valence-electron chi connectivity index (χ3n) is 3.67. The van der Waals surface area contributed by atoms with Crippen LogP contribution in [0.15, 0.2) is 22.7 Å². The highest BCUT2D eigenvalue weighted by atomic mass is 79.9. The first-order chi connectivity index (χ1) is 9.47. The highest BCUT2D eigenvalue weighted by molar-refractivity contribution is 9.10. The Morgan fingerprint density at radius 3 is 2.75 bits per heavy atom. The normalized spacial score (nSPS) is 16.3. The molecule has 1 aliphatic rings. The molecule has 1 fully saturated rings. The van der Waals surface area contributed by atoms with E-state index in [1.807, 2.05) is 0 Å². The second-order valence-corrected chi connectivity index (χ2v) is 6.97. The van der Waals surface area contributed by atoms with Gasteiger partial charge in [-0.2, -0.15) is 11.8 Å². The van der Waals surface area contributed by atoms with Crippen molar-refractivity contribution in [2.75, 3.05) is 12.8 Å². The molecule has 0 bridgehead atoms. The zero-order valence-electron chi connectivity index (χ0n) is 11.0. The number of halogens is 1. The largest absolute Gasteiger partial charge is 0.351 e. The van der Waals surface area contributed by atoms with Gasteiger partial charge in [0, 0.05) is 27.9 Å². The number of thioether (sulfide) groups is 1. The van der Waals surface area contributed by atoms with Gasteiger partial charge in [-0.25, -0.2) is 0 Å². The maximum Gasteiger partial charge on any atom is 0.270 e. The summed E-state index contributed by atoms with van der Waals surface area (Å²) in [6, 6.07) is 4.20. The zero-order chi connectivity index (χ0) is 14.8. The van der Waals surface area contributed by atoms with Crippen LogP contribution in [0.2, 0.25) is 0 Å². The maximum atomic E-state index is 12.2. The lowest BCUT2D eigenvalue weighted by molar-refractivity contribution is -0.384. The molecule has 0 radical (unpaired) electrons. The average molecular weight is 359 g/mol. The van der Waals surface area contributed by atoms with Gasteiger partial charge in [0.1, 0.15) is 0 Å². The van der Waals surface area contributed by atoms with Crippen LogP contribution in [0.4, 0.5) is 5.69 Å². The summed E-state index contributed by atoms with van der Waals surface area (Å²) in [6.45, 7) is 0.599. The Bertz CT molecular complexity index is 541. The summed E-state index contributed by atoms with van der Waals surface area (Å²) in [4.78, 5) is 22.4. The molecule has 1 aromatic carbocycles. The molecule has 7 heteroatoms. The van der Waals surface area contributed by atoms with E-state index >= 15 is 0 Å². The van der Waals surface area contributed by atoms with Crippen LogP contribution >= 0.6 is 27.7 Å². The lowest BCUT2D eigenvalue weighted by Gasteiger charge is -2.40. The molecule has 2 rings (SSSR count). The fourth-order valence-electron chi connectivity index (χ4n) is 2.16. The number of nitro groups is 1. The van der Waals surface area contributed by atoms with Crippen LogP contribution in [0.5, 0.6) is 0 Å². The number of nitrogens with one attached hydrogen (secondary N) is 1. The second kappa shape index (κ2) is 6.13. The number of hydrogen-bond acceptors (Lipinski definition) is 4. The fraction of sp³-hybridized carbons (Fsp3) is 0.462. The summed E-state index contributed by atoms with van der Waals surface area (Å²) in [5.74, 6) is -0.277. The number of rotatable bonds is 5. The van der Waals surface area contributed by atoms with Crippen molar-refractivity contribution >= 4 is 39.3 Å². The number of carbonyl (C=O) groups is 1. The van der Waals surface area contributed by atoms with Gasteiger partial charge in [0.05, 0.1) is 10.5 Å². The predicted molar refractivity (Wildman–Crippen MR) is 83.2 cm³/mol. The Kier molecular flexibility index (Phi) is 4.70. The van der Waals surface area contributed by atoms with Crippen LogP contribution in [0, 0.1) is 10.1 Å². The van der Waals surface area contributed by atoms with Crippen molar-refractivity contribution < 1.29 is 9.72 Å². The Balaban J connectivity index is 2.09. The summed E-state index contributed by atoms with van der Waals surface area (Å²) in [6.07, 6.45) is 5.45. The highest BCUT2D eigenvalue weighted by Crippen LogP contribution is 2.42. The zero-order valence-corrected chi connectivity index (χ0v) is 13.4. The van der Waals surface area contributed by atoms with Crippen LogP contribution < -0.4 is 5.32 Å². The third-order valence-corrected chi connectivity index (χ3v) is 5.78. The molecule has 0 aliphatic heterocycles. The quantitative estimate of drug-likeness (QED) is 0.646. The first kappa shape index (κ1) is 15.3. The first-order valence-corrected chi connectivity index (χ1v) is 8.26. The van der Waals surface area contributed by atoms with Crippen molar-refractivity contribution in [2.24, 2.45) is 0 Å². The minimum absolute atomic E-state index is 0.0819. The minimum atomic E-state index is -0.501. The Morgan fingerprint density at radius 2 is 2.25 bits per heavy atom. The van der Waals surface area contributed by atoms with Crippen LogP contribution in [-0.4, -0.2) is 28.4 Å². The lowest BCUT2D eigenvalue weighted by Crippen LogP contribution is -2.45. The van der Waals surface area contributed by atoms with E-state index in [0.717, 1.165) is 12.8 Å². The number of non-ortho nitro benzene ring substituents is 1. The van der Waals surface area contributed by atoms with Crippen LogP contribution in [0.3, 0.4) is 0 Å². The molecule has 1 aromatic rings. The van der Waals surface area contributed by atoms with Crippen LogP contribution in [0.1, 0.15) is 29.6 Å². The smallest absolute Gasteiger partial charge is 0.270 e. The molecule has 108 valence electrons. The van der Waals surface area contributed by atoms with E-state index in [1.165, 1.54) is 24.6 Å². The number of hydrogen-bond donors (Lipinski definition) is 1. The summed E-state index contributed by atoms with van der Waals surface area (Å²) in [5.41, 5.74) is 0.219. The van der Waals surface area contributed by atoms with Gasteiger partial charge in [-0.05, 0) is 41.1 Å². The fourth-order valence-corrected chi connectivity index (χ4v) is 3.50. The molecular formula is C13H15BrN2O3S. The van der Waals surface area contributed by atoms with Gasteiger partial charge in [-0.3, -0.25) is 14.9 Å². The van der Waals surface area contributed by atoms with E-state index in [1.54, 1.807) is 11.8 Å². The molecule has 0 saturated heterocycles. The van der Waals surface area contributed by atoms with Gasteiger partial charge in [0.15, 0.2) is 0 Å². The molecule has 0 unspecified atom stereocenters. The molecule has 20 heavy (non-hydrogen) atoms. The Hall–Kier alpha value is -1.08. The van der Waals surface area contributed by atoms with Gasteiger partial charge in [-0.15, -0.1) is 0 Å². The Morgan fingerprint density at radius 1 is 1.55 bits per heavy atom. The molecular weight excluding hydrogens is 344 g/mol. The average Bonchev–Trinajstić information content (AvgIpc) is 2.38. The molecule has 0 heterocycles. The maximum absolute atomic E-state index is 12.2. The number of carbonyl (C=O) groups excluding carboxylic acids is 1. The predicted octanol–water partition coefficient (Wildman–Crippen LogP) is 3.37. The standard InChI is InChI=1S/C13H15BrN2O3S/c1-20-13(5-2-6-13)8-15-12(17)10-7-9(16(18)19)3-4-11(10)14/h3-4,7H,2,5-6,8H2,1H3,(H,15,17). The van der Waals surface area contributed by atoms with Crippen molar-refractivity contribution in [1.82, 2.24) is 5.32 Å². The molecule has 1 amide bonds. The van der Waals surface area contributed by atoms with Crippen molar-refractivity contribution in [3.05, 3.63) is 38.3 Å². The van der Waals surface area contributed by atoms with E-state index in [0.29, 0.717) is 16.6 Å². The van der Waals surface area contributed by atoms with E-state index < -0.39 is 4.92 Å². The van der Waals surface area contributed by atoms with Crippen molar-refractivity contribution in [1.29, 1.82) is 0 Å². The molecule has 1 aliphatic carbocycles. The SMILES string of the molecule is CSC1(CNC(=O)c2cc([N+](=O)[O-])ccc2Br)CCC1. The lowest BCUT2D eigenvalue weighted by atomic mass is 9.84.